The SMILES string of the molecule is N#CCC(=O)Nc1ccc(-c2cnc3ccccc3c2)cc1. The van der Waals surface area contributed by atoms with Gasteiger partial charge in [0.1, 0.15) is 6.42 Å². The van der Waals surface area contributed by atoms with Gasteiger partial charge in [-0.25, -0.2) is 0 Å². The first-order valence-electron chi connectivity index (χ1n) is 6.88. The van der Waals surface area contributed by atoms with Crippen molar-refractivity contribution in [2.45, 2.75) is 6.42 Å². The van der Waals surface area contributed by atoms with Gasteiger partial charge in [-0.2, -0.15) is 5.26 Å². The van der Waals surface area contributed by atoms with Gasteiger partial charge < -0.3 is 5.32 Å². The molecule has 106 valence electrons. The second kappa shape index (κ2) is 6.06. The van der Waals surface area contributed by atoms with Crippen LogP contribution in [0.25, 0.3) is 22.0 Å². The Kier molecular flexibility index (Phi) is 3.80. The second-order valence-corrected chi connectivity index (χ2v) is 4.88. The summed E-state index contributed by atoms with van der Waals surface area (Å²) < 4.78 is 0. The van der Waals surface area contributed by atoms with Gasteiger partial charge in [0.15, 0.2) is 0 Å². The van der Waals surface area contributed by atoms with Crippen LogP contribution in [0, 0.1) is 11.3 Å². The average Bonchev–Trinajstić information content (AvgIpc) is 2.55. The minimum atomic E-state index is -0.303. The highest BCUT2D eigenvalue weighted by atomic mass is 16.1. The lowest BCUT2D eigenvalue weighted by Crippen LogP contribution is -2.09. The lowest BCUT2D eigenvalue weighted by Gasteiger charge is -2.06. The number of hydrogen-bond donors (Lipinski definition) is 1. The molecule has 2 aromatic carbocycles. The molecule has 0 saturated carbocycles. The van der Waals surface area contributed by atoms with Crippen LogP contribution in [0.15, 0.2) is 60.8 Å². The molecular weight excluding hydrogens is 274 g/mol. The topological polar surface area (TPSA) is 65.8 Å². The first-order valence-corrected chi connectivity index (χ1v) is 6.88. The Morgan fingerprint density at radius 2 is 1.86 bits per heavy atom. The van der Waals surface area contributed by atoms with Gasteiger partial charge in [-0.1, -0.05) is 30.3 Å². The van der Waals surface area contributed by atoms with Crippen molar-refractivity contribution in [1.82, 2.24) is 4.98 Å². The molecule has 0 bridgehead atoms. The summed E-state index contributed by atoms with van der Waals surface area (Å²) in [5, 5.41) is 12.2. The first kappa shape index (κ1) is 13.8. The molecule has 0 aliphatic carbocycles. The fraction of sp³-hybridized carbons (Fsp3) is 0.0556. The number of benzene rings is 2. The van der Waals surface area contributed by atoms with Crippen molar-refractivity contribution in [3.63, 3.8) is 0 Å². The fourth-order valence-corrected chi connectivity index (χ4v) is 2.25. The van der Waals surface area contributed by atoms with Gasteiger partial charge in [0.25, 0.3) is 0 Å². The molecule has 0 atom stereocenters. The number of nitrogens with one attached hydrogen (secondary N) is 1. The van der Waals surface area contributed by atoms with E-state index in [1.54, 1.807) is 0 Å². The molecule has 0 aliphatic heterocycles. The molecule has 0 radical (unpaired) electrons. The van der Waals surface area contributed by atoms with Gasteiger partial charge in [-0.05, 0) is 29.8 Å². The number of nitriles is 1. The maximum atomic E-state index is 11.4. The van der Waals surface area contributed by atoms with Crippen LogP contribution in [0.3, 0.4) is 0 Å². The molecule has 3 rings (SSSR count). The van der Waals surface area contributed by atoms with Crippen molar-refractivity contribution in [2.75, 3.05) is 5.32 Å². The number of pyridine rings is 1. The molecule has 0 saturated heterocycles. The molecule has 0 spiro atoms. The normalized spacial score (nSPS) is 10.1. The maximum Gasteiger partial charge on any atom is 0.238 e. The Balaban J connectivity index is 1.85. The van der Waals surface area contributed by atoms with Gasteiger partial charge in [-0.3, -0.25) is 9.78 Å². The quantitative estimate of drug-likeness (QED) is 0.797. The standard InChI is InChI=1S/C18H13N3O/c19-10-9-18(22)21-16-7-5-13(6-8-16)15-11-14-3-1-2-4-17(14)20-12-15/h1-8,11-12H,9H2,(H,21,22). The summed E-state index contributed by atoms with van der Waals surface area (Å²) in [6.45, 7) is 0. The Morgan fingerprint density at radius 3 is 2.64 bits per heavy atom. The van der Waals surface area contributed by atoms with Crippen molar-refractivity contribution in [2.24, 2.45) is 0 Å². The molecule has 1 aromatic heterocycles. The van der Waals surface area contributed by atoms with Crippen LogP contribution >= 0.6 is 0 Å². The Labute approximate surface area is 128 Å². The number of carbonyl (C=O) groups is 1. The molecule has 1 heterocycles. The smallest absolute Gasteiger partial charge is 0.238 e. The van der Waals surface area contributed by atoms with Crippen molar-refractivity contribution in [3.05, 3.63) is 60.8 Å². The van der Waals surface area contributed by atoms with Crippen molar-refractivity contribution in [1.29, 1.82) is 5.26 Å². The molecule has 4 heteroatoms. The summed E-state index contributed by atoms with van der Waals surface area (Å²) >= 11 is 0. The van der Waals surface area contributed by atoms with Gasteiger partial charge in [-0.15, -0.1) is 0 Å². The summed E-state index contributed by atoms with van der Waals surface area (Å²) in [5.74, 6) is -0.303. The minimum Gasteiger partial charge on any atom is -0.325 e. The molecule has 1 amide bonds. The van der Waals surface area contributed by atoms with E-state index in [0.717, 1.165) is 22.0 Å². The first-order chi connectivity index (χ1) is 10.8. The molecule has 4 nitrogen and oxygen atoms in total. The predicted molar refractivity (Wildman–Crippen MR) is 86.0 cm³/mol. The molecule has 22 heavy (non-hydrogen) atoms. The highest BCUT2D eigenvalue weighted by Crippen LogP contribution is 2.24. The minimum absolute atomic E-state index is 0.143. The average molecular weight is 287 g/mol. The van der Waals surface area contributed by atoms with E-state index in [-0.39, 0.29) is 12.3 Å². The second-order valence-electron chi connectivity index (χ2n) is 4.88. The zero-order valence-electron chi connectivity index (χ0n) is 11.8. The highest BCUT2D eigenvalue weighted by molar-refractivity contribution is 5.92. The summed E-state index contributed by atoms with van der Waals surface area (Å²) in [6, 6.07) is 19.4. The molecule has 0 fully saturated rings. The third kappa shape index (κ3) is 2.94. The number of amides is 1. The van der Waals surface area contributed by atoms with Crippen molar-refractivity contribution < 1.29 is 4.79 Å². The van der Waals surface area contributed by atoms with E-state index in [1.807, 2.05) is 60.8 Å². The van der Waals surface area contributed by atoms with E-state index in [4.69, 9.17) is 5.26 Å². The zero-order valence-corrected chi connectivity index (χ0v) is 11.8. The lowest BCUT2D eigenvalue weighted by molar-refractivity contribution is -0.115. The Hall–Kier alpha value is -3.19. The Morgan fingerprint density at radius 1 is 1.09 bits per heavy atom. The van der Waals surface area contributed by atoms with Crippen LogP contribution < -0.4 is 5.32 Å². The van der Waals surface area contributed by atoms with E-state index in [2.05, 4.69) is 16.4 Å². The highest BCUT2D eigenvalue weighted by Gasteiger charge is 2.03. The van der Waals surface area contributed by atoms with Gasteiger partial charge in [0, 0.05) is 22.8 Å². The monoisotopic (exact) mass is 287 g/mol. The predicted octanol–water partition coefficient (Wildman–Crippen LogP) is 3.75. The van der Waals surface area contributed by atoms with Crippen LogP contribution in [0.1, 0.15) is 6.42 Å². The number of para-hydroxylation sites is 1. The largest absolute Gasteiger partial charge is 0.325 e. The van der Waals surface area contributed by atoms with Gasteiger partial charge in [0.2, 0.25) is 5.91 Å². The van der Waals surface area contributed by atoms with Gasteiger partial charge >= 0.3 is 0 Å². The molecule has 1 N–H and O–H groups in total. The number of hydrogen-bond acceptors (Lipinski definition) is 3. The Bertz CT molecular complexity index is 863. The van der Waals surface area contributed by atoms with Crippen molar-refractivity contribution >= 4 is 22.5 Å². The van der Waals surface area contributed by atoms with Crippen LogP contribution in [-0.2, 0) is 4.79 Å². The van der Waals surface area contributed by atoms with Crippen molar-refractivity contribution in [3.8, 4) is 17.2 Å². The molecule has 0 aliphatic rings. The fourth-order valence-electron chi connectivity index (χ4n) is 2.25. The number of fused-ring (bicyclic) bond motifs is 1. The van der Waals surface area contributed by atoms with Crippen LogP contribution in [0.5, 0.6) is 0 Å². The van der Waals surface area contributed by atoms with Crippen LogP contribution in [0.2, 0.25) is 0 Å². The molecular formula is C18H13N3O. The summed E-state index contributed by atoms with van der Waals surface area (Å²) in [4.78, 5) is 15.8. The third-order valence-corrected chi connectivity index (χ3v) is 3.33. The third-order valence-electron chi connectivity index (χ3n) is 3.33. The lowest BCUT2D eigenvalue weighted by atomic mass is 10.1. The van der Waals surface area contributed by atoms with E-state index in [1.165, 1.54) is 0 Å². The van der Waals surface area contributed by atoms with Crippen LogP contribution in [0.4, 0.5) is 5.69 Å². The zero-order chi connectivity index (χ0) is 15.4. The number of carbonyl (C=O) groups excluding carboxylic acids is 1. The summed E-state index contributed by atoms with van der Waals surface area (Å²) in [6.07, 6.45) is 1.70. The summed E-state index contributed by atoms with van der Waals surface area (Å²) in [7, 11) is 0. The van der Waals surface area contributed by atoms with E-state index in [0.29, 0.717) is 5.69 Å². The number of nitrogens with zero attached hydrogens (tertiary/aromatic N) is 2. The maximum absolute atomic E-state index is 11.4. The molecule has 0 unspecified atom stereocenters. The van der Waals surface area contributed by atoms with Gasteiger partial charge in [0.05, 0.1) is 11.6 Å². The van der Waals surface area contributed by atoms with E-state index < -0.39 is 0 Å². The number of rotatable bonds is 3. The van der Waals surface area contributed by atoms with E-state index >= 15 is 0 Å². The number of aromatic nitrogens is 1. The summed E-state index contributed by atoms with van der Waals surface area (Å²) in [5.41, 5.74) is 3.69. The number of anilines is 1. The van der Waals surface area contributed by atoms with Crippen LogP contribution in [-0.4, -0.2) is 10.9 Å². The van der Waals surface area contributed by atoms with E-state index in [9.17, 15) is 4.79 Å². The molecule has 3 aromatic rings.